The highest BCUT2D eigenvalue weighted by molar-refractivity contribution is 7.92. The lowest BCUT2D eigenvalue weighted by Gasteiger charge is -2.26. The van der Waals surface area contributed by atoms with Crippen LogP contribution >= 0.6 is 0 Å². The van der Waals surface area contributed by atoms with Crippen LogP contribution < -0.4 is 16.0 Å². The second kappa shape index (κ2) is 13.3. The first-order valence-electron chi connectivity index (χ1n) is 13.6. The van der Waals surface area contributed by atoms with E-state index in [1.54, 1.807) is 0 Å². The molecule has 2 saturated carbocycles. The van der Waals surface area contributed by atoms with Crippen molar-refractivity contribution in [1.82, 2.24) is 16.0 Å². The Morgan fingerprint density at radius 3 is 2.41 bits per heavy atom. The van der Waals surface area contributed by atoms with Crippen LogP contribution in [0.15, 0.2) is 0 Å². The van der Waals surface area contributed by atoms with Gasteiger partial charge in [0.1, 0.15) is 12.1 Å². The molecule has 0 spiro atoms. The highest BCUT2D eigenvalue weighted by atomic mass is 32.3. The number of alkyl carbamates (subject to hydrolysis) is 1. The third-order valence-electron chi connectivity index (χ3n) is 7.86. The van der Waals surface area contributed by atoms with Gasteiger partial charge >= 0.3 is 22.0 Å². The summed E-state index contributed by atoms with van der Waals surface area (Å²) in [5.74, 6) is 0.153. The van der Waals surface area contributed by atoms with Crippen LogP contribution in [-0.2, 0) is 29.0 Å². The molecule has 3 fully saturated rings. The summed E-state index contributed by atoms with van der Waals surface area (Å²) < 4.78 is 36.1. The van der Waals surface area contributed by atoms with Crippen LogP contribution in [0.25, 0.3) is 0 Å². The number of aliphatic hydroxyl groups excluding tert-OH is 1. The van der Waals surface area contributed by atoms with Gasteiger partial charge in [0, 0.05) is 12.5 Å². The fourth-order valence-electron chi connectivity index (χ4n) is 5.64. The molecule has 3 rings (SSSR count). The zero-order valence-corrected chi connectivity index (χ0v) is 22.7. The molecule has 0 radical (unpaired) electrons. The first kappa shape index (κ1) is 29.8. The number of hydrogen-bond acceptors (Lipinski definition) is 6. The minimum Gasteiger partial charge on any atom is -0.449 e. The van der Waals surface area contributed by atoms with E-state index in [0.717, 1.165) is 12.3 Å². The van der Waals surface area contributed by atoms with E-state index in [-0.39, 0.29) is 24.7 Å². The van der Waals surface area contributed by atoms with Gasteiger partial charge in [0.05, 0.1) is 6.61 Å². The maximum atomic E-state index is 13.1. The van der Waals surface area contributed by atoms with Gasteiger partial charge in [0.15, 0.2) is 0 Å². The van der Waals surface area contributed by atoms with Crippen LogP contribution in [0.1, 0.15) is 78.1 Å². The van der Waals surface area contributed by atoms with E-state index in [2.05, 4.69) is 16.0 Å². The number of amides is 3. The molecule has 0 aromatic rings. The Balaban J connectivity index is 1.52. The molecule has 1 saturated heterocycles. The first-order chi connectivity index (χ1) is 17.4. The number of ether oxygens (including phenoxy) is 1. The van der Waals surface area contributed by atoms with E-state index in [0.29, 0.717) is 31.4 Å². The second-order valence-corrected chi connectivity index (χ2v) is 13.0. The van der Waals surface area contributed by atoms with Gasteiger partial charge in [-0.3, -0.25) is 9.59 Å². The van der Waals surface area contributed by atoms with Gasteiger partial charge in [0.2, 0.25) is 11.8 Å². The van der Waals surface area contributed by atoms with Gasteiger partial charge in [-0.25, -0.2) is 4.79 Å². The van der Waals surface area contributed by atoms with Crippen LogP contribution in [0.4, 0.5) is 4.79 Å². The molecule has 1 aliphatic heterocycles. The lowest BCUT2D eigenvalue weighted by molar-refractivity contribution is -0.126. The Hall–Kier alpha value is -1.76. The van der Waals surface area contributed by atoms with Crippen molar-refractivity contribution in [2.45, 2.75) is 95.6 Å². The summed E-state index contributed by atoms with van der Waals surface area (Å²) >= 11 is 0. The van der Waals surface area contributed by atoms with Gasteiger partial charge < -0.3 is 25.8 Å². The molecule has 12 heteroatoms. The molecule has 1 heterocycles. The monoisotopic (exact) mass is 546 g/mol. The van der Waals surface area contributed by atoms with Crippen molar-refractivity contribution >= 4 is 28.4 Å². The molecule has 212 valence electrons. The van der Waals surface area contributed by atoms with E-state index < -0.39 is 45.9 Å². The highest BCUT2D eigenvalue weighted by Gasteiger charge is 2.45. The molecular formula is C25H44N3O8S+. The summed E-state index contributed by atoms with van der Waals surface area (Å²) in [6, 6.07) is -2.39. The molecule has 3 amide bonds. The van der Waals surface area contributed by atoms with E-state index in [9.17, 15) is 32.8 Å². The third kappa shape index (κ3) is 9.49. The standard InChI is InChI=1S/C25H43N3O8S/c1-15(2)10-20(28-25(32)36-14-19-12-18(19)11-16-6-4-3-5-7-16)23(30)27-21(24(31)37(33,34)35)13-17-8-9-26-22(17)29/h15-21,24,31H,3-14H2,1-2H3,(H4-,26,27,28,29,30,32,33,34,35)/p+1/t17-,18+,19-,20-,21-,24-/m0/s1. The summed E-state index contributed by atoms with van der Waals surface area (Å²) in [7, 11) is -4.66. The van der Waals surface area contributed by atoms with E-state index in [1.165, 1.54) is 38.5 Å². The highest BCUT2D eigenvalue weighted by Crippen LogP contribution is 2.45. The van der Waals surface area contributed by atoms with Crippen LogP contribution in [0.2, 0.25) is 0 Å². The summed E-state index contributed by atoms with van der Waals surface area (Å²) in [6.45, 7) is 4.46. The zero-order chi connectivity index (χ0) is 27.2. The van der Waals surface area contributed by atoms with Crippen LogP contribution in [0.3, 0.4) is 0 Å². The van der Waals surface area contributed by atoms with Crippen molar-refractivity contribution < 1.29 is 37.5 Å². The van der Waals surface area contributed by atoms with Gasteiger partial charge in [-0.05, 0) is 60.0 Å². The average Bonchev–Trinajstić information content (AvgIpc) is 3.44. The van der Waals surface area contributed by atoms with Crippen molar-refractivity contribution in [3.8, 4) is 0 Å². The Morgan fingerprint density at radius 1 is 1.11 bits per heavy atom. The Kier molecular flexibility index (Phi) is 10.7. The lowest BCUT2D eigenvalue weighted by Crippen LogP contribution is -2.55. The van der Waals surface area contributed by atoms with Crippen molar-refractivity contribution in [2.24, 2.45) is 29.6 Å². The van der Waals surface area contributed by atoms with E-state index in [4.69, 9.17) is 4.74 Å². The van der Waals surface area contributed by atoms with Crippen LogP contribution in [0.5, 0.6) is 0 Å². The number of aliphatic hydroxyl groups is 1. The minimum atomic E-state index is -4.66. The smallest absolute Gasteiger partial charge is 0.407 e. The minimum absolute atomic E-state index is 0.0169. The number of nitrogens with one attached hydrogen (secondary N) is 3. The van der Waals surface area contributed by atoms with Crippen molar-refractivity contribution in [3.05, 3.63) is 0 Å². The Labute approximate surface area is 220 Å². The maximum absolute atomic E-state index is 13.1. The first-order valence-corrected chi connectivity index (χ1v) is 15.1. The molecule has 3 aliphatic rings. The number of carbonyl (C=O) groups excluding carboxylic acids is 3. The number of rotatable bonds is 13. The third-order valence-corrected chi connectivity index (χ3v) is 8.82. The van der Waals surface area contributed by atoms with Crippen LogP contribution in [-0.4, -0.2) is 62.8 Å². The van der Waals surface area contributed by atoms with Gasteiger partial charge in [-0.1, -0.05) is 46.0 Å². The molecule has 37 heavy (non-hydrogen) atoms. The second-order valence-electron chi connectivity index (χ2n) is 11.5. The van der Waals surface area contributed by atoms with Crippen molar-refractivity contribution in [3.63, 3.8) is 0 Å². The molecule has 0 unspecified atom stereocenters. The summed E-state index contributed by atoms with van der Waals surface area (Å²) in [6.07, 6.45) is 8.59. The number of carbonyl (C=O) groups is 3. The summed E-state index contributed by atoms with van der Waals surface area (Å²) in [4.78, 5) is 37.6. The molecular weight excluding hydrogens is 502 g/mol. The topological polar surface area (TPSA) is 174 Å². The fraction of sp³-hybridized carbons (Fsp3) is 0.880. The van der Waals surface area contributed by atoms with Crippen molar-refractivity contribution in [2.75, 3.05) is 13.2 Å². The predicted molar refractivity (Wildman–Crippen MR) is 137 cm³/mol. The molecule has 6 N–H and O–H groups in total. The van der Waals surface area contributed by atoms with Gasteiger partial charge in [-0.15, -0.1) is 0 Å². The maximum Gasteiger partial charge on any atom is 0.407 e. The zero-order valence-electron chi connectivity index (χ0n) is 21.9. The quantitative estimate of drug-likeness (QED) is 0.191. The Bertz CT molecular complexity index is 844. The average molecular weight is 547 g/mol. The number of hydrogen-bond donors (Lipinski definition) is 6. The summed E-state index contributed by atoms with van der Waals surface area (Å²) in [5.41, 5.74) is -2.20. The summed E-state index contributed by atoms with van der Waals surface area (Å²) in [5, 5.41) is 17.9. The largest absolute Gasteiger partial charge is 0.449 e. The lowest BCUT2D eigenvalue weighted by atomic mass is 9.85. The molecule has 0 aromatic heterocycles. The molecule has 0 aromatic carbocycles. The molecule has 6 atom stereocenters. The van der Waals surface area contributed by atoms with Crippen molar-refractivity contribution in [1.29, 1.82) is 0 Å². The molecule has 0 bridgehead atoms. The van der Waals surface area contributed by atoms with E-state index >= 15 is 0 Å². The predicted octanol–water partition coefficient (Wildman–Crippen LogP) is 2.51. The normalized spacial score (nSPS) is 26.8. The van der Waals surface area contributed by atoms with Gasteiger partial charge in [-0.2, -0.15) is 9.11 Å². The van der Waals surface area contributed by atoms with Gasteiger partial charge in [0.25, 0.3) is 0 Å². The SMILES string of the molecule is CC(C)C[C@H](NC(=O)OC[C@@H]1C[C@H]1CC1CCCCC1)C(=O)N[C@@H](C[C@@H]1CCNC1=O)[C@@H](O)[S+](=O)(O)O. The van der Waals surface area contributed by atoms with Crippen LogP contribution in [0, 0.1) is 29.6 Å². The molecule has 2 aliphatic carbocycles. The molecule has 11 nitrogen and oxygen atoms in total. The fourth-order valence-corrected chi connectivity index (χ4v) is 6.25. The Morgan fingerprint density at radius 2 is 1.81 bits per heavy atom. The van der Waals surface area contributed by atoms with E-state index in [1.807, 2.05) is 13.8 Å².